The van der Waals surface area contributed by atoms with Gasteiger partial charge in [-0.1, -0.05) is 32.9 Å². The maximum Gasteiger partial charge on any atom is 0.257 e. The Balaban J connectivity index is 1.78. The van der Waals surface area contributed by atoms with Crippen molar-refractivity contribution in [1.82, 2.24) is 15.0 Å². The van der Waals surface area contributed by atoms with E-state index in [-0.39, 0.29) is 11.3 Å². The van der Waals surface area contributed by atoms with E-state index in [4.69, 9.17) is 0 Å². The molecule has 5 heteroatoms. The number of fused-ring (bicyclic) bond motifs is 1. The summed E-state index contributed by atoms with van der Waals surface area (Å²) in [6.07, 6.45) is 3.09. The van der Waals surface area contributed by atoms with Crippen LogP contribution in [0, 0.1) is 0 Å². The van der Waals surface area contributed by atoms with E-state index in [1.165, 1.54) is 11.8 Å². The highest BCUT2D eigenvalue weighted by atomic mass is 16.1. The Morgan fingerprint density at radius 1 is 1.14 bits per heavy atom. The Morgan fingerprint density at radius 3 is 2.55 bits per heavy atom. The van der Waals surface area contributed by atoms with Gasteiger partial charge in [-0.25, -0.2) is 9.97 Å². The Bertz CT molecular complexity index is 813. The molecule has 0 saturated heterocycles. The molecule has 3 rings (SSSR count). The summed E-state index contributed by atoms with van der Waals surface area (Å²) in [4.78, 5) is 23.4. The van der Waals surface area contributed by atoms with E-state index in [0.717, 1.165) is 11.2 Å². The summed E-state index contributed by atoms with van der Waals surface area (Å²) in [7, 11) is 0. The highest BCUT2D eigenvalue weighted by Crippen LogP contribution is 2.23. The lowest BCUT2D eigenvalue weighted by Gasteiger charge is -2.19. The van der Waals surface area contributed by atoms with Crippen LogP contribution in [0.1, 0.15) is 36.7 Å². The molecule has 0 fully saturated rings. The second-order valence-corrected chi connectivity index (χ2v) is 6.28. The van der Waals surface area contributed by atoms with Crippen molar-refractivity contribution in [3.8, 4) is 0 Å². The van der Waals surface area contributed by atoms with Gasteiger partial charge < -0.3 is 10.3 Å². The number of H-pyrrole nitrogens is 1. The molecule has 1 aromatic carbocycles. The number of nitrogens with one attached hydrogen (secondary N) is 2. The van der Waals surface area contributed by atoms with Crippen LogP contribution in [-0.4, -0.2) is 20.9 Å². The zero-order valence-electron chi connectivity index (χ0n) is 12.8. The van der Waals surface area contributed by atoms with E-state index in [1.54, 1.807) is 12.4 Å². The summed E-state index contributed by atoms with van der Waals surface area (Å²) in [5.74, 6) is -0.187. The number of nitrogens with zero attached hydrogens (tertiary/aromatic N) is 2. The molecule has 0 aliphatic rings. The van der Waals surface area contributed by atoms with Crippen LogP contribution in [0.15, 0.2) is 42.9 Å². The molecule has 22 heavy (non-hydrogen) atoms. The summed E-state index contributed by atoms with van der Waals surface area (Å²) in [5.41, 5.74) is 3.94. The number of pyridine rings is 1. The van der Waals surface area contributed by atoms with Gasteiger partial charge in [-0.2, -0.15) is 0 Å². The molecule has 2 heterocycles. The largest absolute Gasteiger partial charge is 0.343 e. The van der Waals surface area contributed by atoms with Crippen molar-refractivity contribution in [1.29, 1.82) is 0 Å². The predicted octanol–water partition coefficient (Wildman–Crippen LogP) is 3.51. The van der Waals surface area contributed by atoms with Gasteiger partial charge in [0.15, 0.2) is 5.65 Å². The van der Waals surface area contributed by atoms with Crippen LogP contribution in [0.2, 0.25) is 0 Å². The number of anilines is 1. The van der Waals surface area contributed by atoms with Gasteiger partial charge in [0.25, 0.3) is 5.91 Å². The molecule has 0 spiro atoms. The summed E-state index contributed by atoms with van der Waals surface area (Å²) >= 11 is 0. The number of amides is 1. The second-order valence-electron chi connectivity index (χ2n) is 6.28. The summed E-state index contributed by atoms with van der Waals surface area (Å²) in [6, 6.07) is 9.65. The first-order valence-electron chi connectivity index (χ1n) is 7.14. The van der Waals surface area contributed by atoms with Gasteiger partial charge in [-0.15, -0.1) is 0 Å². The minimum absolute atomic E-state index is 0.0953. The first-order valence-corrected chi connectivity index (χ1v) is 7.14. The van der Waals surface area contributed by atoms with E-state index < -0.39 is 0 Å². The standard InChI is InChI=1S/C17H18N4O/c1-17(2,3)12-4-6-13(7-5-12)21-16(22)11-8-14-15(18-9-11)20-10-19-14/h4-10H,1-3H3,(H,21,22)(H,18,19,20). The van der Waals surface area contributed by atoms with Crippen molar-refractivity contribution in [3.63, 3.8) is 0 Å². The summed E-state index contributed by atoms with van der Waals surface area (Å²) < 4.78 is 0. The number of aromatic nitrogens is 3. The lowest BCUT2D eigenvalue weighted by Crippen LogP contribution is -2.13. The van der Waals surface area contributed by atoms with Crippen molar-refractivity contribution in [2.45, 2.75) is 26.2 Å². The third-order valence-electron chi connectivity index (χ3n) is 3.54. The number of hydrogen-bond donors (Lipinski definition) is 2. The van der Waals surface area contributed by atoms with Gasteiger partial charge >= 0.3 is 0 Å². The number of aromatic amines is 1. The fourth-order valence-corrected chi connectivity index (χ4v) is 2.21. The van der Waals surface area contributed by atoms with Gasteiger partial charge in [-0.05, 0) is 29.2 Å². The highest BCUT2D eigenvalue weighted by molar-refractivity contribution is 6.05. The molecule has 2 N–H and O–H groups in total. The van der Waals surface area contributed by atoms with Gasteiger partial charge in [0, 0.05) is 11.9 Å². The smallest absolute Gasteiger partial charge is 0.257 e. The third kappa shape index (κ3) is 2.83. The van der Waals surface area contributed by atoms with Crippen molar-refractivity contribution in [3.05, 3.63) is 54.0 Å². The van der Waals surface area contributed by atoms with Crippen molar-refractivity contribution < 1.29 is 4.79 Å². The van der Waals surface area contributed by atoms with Crippen LogP contribution < -0.4 is 5.32 Å². The minimum Gasteiger partial charge on any atom is -0.343 e. The van der Waals surface area contributed by atoms with Gasteiger partial charge in [0.1, 0.15) is 0 Å². The maximum atomic E-state index is 12.3. The monoisotopic (exact) mass is 294 g/mol. The lowest BCUT2D eigenvalue weighted by molar-refractivity contribution is 0.102. The molecule has 0 atom stereocenters. The normalized spacial score (nSPS) is 11.6. The van der Waals surface area contributed by atoms with Crippen molar-refractivity contribution in [2.24, 2.45) is 0 Å². The number of benzene rings is 1. The quantitative estimate of drug-likeness (QED) is 0.760. The molecule has 2 aromatic heterocycles. The van der Waals surface area contributed by atoms with Gasteiger partial charge in [0.05, 0.1) is 17.4 Å². The van der Waals surface area contributed by atoms with Crippen LogP contribution in [-0.2, 0) is 5.41 Å². The number of imidazole rings is 1. The van der Waals surface area contributed by atoms with Crippen LogP contribution in [0.3, 0.4) is 0 Å². The second kappa shape index (κ2) is 5.26. The fourth-order valence-electron chi connectivity index (χ4n) is 2.21. The summed E-state index contributed by atoms with van der Waals surface area (Å²) in [6.45, 7) is 6.48. The van der Waals surface area contributed by atoms with E-state index in [2.05, 4.69) is 41.0 Å². The first kappa shape index (κ1) is 14.3. The van der Waals surface area contributed by atoms with E-state index in [1.807, 2.05) is 24.3 Å². The molecule has 0 aliphatic carbocycles. The molecule has 0 radical (unpaired) electrons. The zero-order chi connectivity index (χ0) is 15.7. The lowest BCUT2D eigenvalue weighted by atomic mass is 9.87. The topological polar surface area (TPSA) is 70.7 Å². The molecule has 1 amide bonds. The molecule has 112 valence electrons. The average molecular weight is 294 g/mol. The average Bonchev–Trinajstić information content (AvgIpc) is 2.94. The third-order valence-corrected chi connectivity index (χ3v) is 3.54. The molecule has 0 unspecified atom stereocenters. The number of hydrogen-bond acceptors (Lipinski definition) is 3. The SMILES string of the molecule is CC(C)(C)c1ccc(NC(=O)c2cnc3nc[nH]c3c2)cc1. The molecule has 0 bridgehead atoms. The molecule has 5 nitrogen and oxygen atoms in total. The van der Waals surface area contributed by atoms with E-state index >= 15 is 0 Å². The van der Waals surface area contributed by atoms with E-state index in [0.29, 0.717) is 11.2 Å². The number of carbonyl (C=O) groups excluding carboxylic acids is 1. The highest BCUT2D eigenvalue weighted by Gasteiger charge is 2.14. The maximum absolute atomic E-state index is 12.3. The predicted molar refractivity (Wildman–Crippen MR) is 87.0 cm³/mol. The number of rotatable bonds is 2. The molecular formula is C17H18N4O. The molecule has 3 aromatic rings. The van der Waals surface area contributed by atoms with Crippen LogP contribution in [0.5, 0.6) is 0 Å². The Hall–Kier alpha value is -2.69. The van der Waals surface area contributed by atoms with Crippen molar-refractivity contribution in [2.75, 3.05) is 5.32 Å². The fraction of sp³-hybridized carbons (Fsp3) is 0.235. The van der Waals surface area contributed by atoms with Crippen LogP contribution in [0.25, 0.3) is 11.2 Å². The molecule has 0 saturated carbocycles. The Morgan fingerprint density at radius 2 is 1.86 bits per heavy atom. The minimum atomic E-state index is -0.187. The van der Waals surface area contributed by atoms with E-state index in [9.17, 15) is 4.79 Å². The number of carbonyl (C=O) groups is 1. The summed E-state index contributed by atoms with van der Waals surface area (Å²) in [5, 5.41) is 2.88. The van der Waals surface area contributed by atoms with Gasteiger partial charge in [0.2, 0.25) is 0 Å². The Kier molecular flexibility index (Phi) is 3.41. The Labute approximate surface area is 128 Å². The molecular weight excluding hydrogens is 276 g/mol. The first-order chi connectivity index (χ1) is 10.4. The van der Waals surface area contributed by atoms with Crippen LogP contribution in [0.4, 0.5) is 5.69 Å². The molecule has 0 aliphatic heterocycles. The zero-order valence-corrected chi connectivity index (χ0v) is 12.8. The van der Waals surface area contributed by atoms with Crippen LogP contribution >= 0.6 is 0 Å². The van der Waals surface area contributed by atoms with Crippen molar-refractivity contribution >= 4 is 22.8 Å². The van der Waals surface area contributed by atoms with Gasteiger partial charge in [-0.3, -0.25) is 4.79 Å².